The van der Waals surface area contributed by atoms with Crippen LogP contribution in [0.25, 0.3) is 0 Å². The number of carbonyl (C=O) groups excluding carboxylic acids is 1. The lowest BCUT2D eigenvalue weighted by molar-refractivity contribution is -0.133. The van der Waals surface area contributed by atoms with Crippen molar-refractivity contribution in [2.75, 3.05) is 39.8 Å². The Kier molecular flexibility index (Phi) is 5.72. The van der Waals surface area contributed by atoms with E-state index >= 15 is 0 Å². The molecule has 1 amide bonds. The molecule has 1 aromatic heterocycles. The maximum Gasteiger partial charge on any atom is 0.244 e. The van der Waals surface area contributed by atoms with Gasteiger partial charge in [0.15, 0.2) is 0 Å². The van der Waals surface area contributed by atoms with Crippen molar-refractivity contribution in [2.24, 2.45) is 0 Å². The topological polar surface area (TPSA) is 73.8 Å². The van der Waals surface area contributed by atoms with Gasteiger partial charge in [0, 0.05) is 51.7 Å². The fourth-order valence-corrected chi connectivity index (χ4v) is 3.63. The number of amides is 1. The van der Waals surface area contributed by atoms with Gasteiger partial charge in [-0.2, -0.15) is 4.31 Å². The second-order valence-corrected chi connectivity index (χ2v) is 8.01. The zero-order valence-electron chi connectivity index (χ0n) is 13.8. The molecule has 0 aromatic carbocycles. The van der Waals surface area contributed by atoms with Crippen molar-refractivity contribution in [3.63, 3.8) is 0 Å². The van der Waals surface area contributed by atoms with E-state index in [0.29, 0.717) is 19.1 Å². The summed E-state index contributed by atoms with van der Waals surface area (Å²) in [6, 6.07) is 3.50. The molecular weight excluding hydrogens is 316 g/mol. The van der Waals surface area contributed by atoms with Crippen LogP contribution in [0.15, 0.2) is 29.4 Å². The van der Waals surface area contributed by atoms with Gasteiger partial charge in [-0.25, -0.2) is 8.42 Å². The van der Waals surface area contributed by atoms with E-state index in [9.17, 15) is 13.2 Å². The molecule has 0 N–H and O–H groups in total. The van der Waals surface area contributed by atoms with E-state index in [2.05, 4.69) is 23.7 Å². The van der Waals surface area contributed by atoms with Crippen LogP contribution < -0.4 is 0 Å². The van der Waals surface area contributed by atoms with E-state index in [0.717, 1.165) is 17.4 Å². The van der Waals surface area contributed by atoms with Gasteiger partial charge >= 0.3 is 0 Å². The number of carbonyl (C=O) groups is 1. The Hall–Kier alpha value is -1.51. The molecule has 0 saturated carbocycles. The molecule has 23 heavy (non-hydrogen) atoms. The quantitative estimate of drug-likeness (QED) is 0.768. The smallest absolute Gasteiger partial charge is 0.244 e. The zero-order valence-corrected chi connectivity index (χ0v) is 14.7. The summed E-state index contributed by atoms with van der Waals surface area (Å²) in [6.45, 7) is 7.02. The van der Waals surface area contributed by atoms with Gasteiger partial charge < -0.3 is 4.90 Å². The minimum absolute atomic E-state index is 0.0972. The van der Waals surface area contributed by atoms with Crippen LogP contribution in [0.3, 0.4) is 0 Å². The number of aromatic nitrogens is 1. The normalized spacial score (nSPS) is 17.0. The van der Waals surface area contributed by atoms with Crippen molar-refractivity contribution in [3.05, 3.63) is 24.5 Å². The molecule has 7 nitrogen and oxygen atoms in total. The first-order valence-electron chi connectivity index (χ1n) is 7.70. The molecule has 128 valence electrons. The number of nitrogens with zero attached hydrogens (tertiary/aromatic N) is 4. The van der Waals surface area contributed by atoms with E-state index in [-0.39, 0.29) is 17.3 Å². The average Bonchev–Trinajstić information content (AvgIpc) is 2.55. The van der Waals surface area contributed by atoms with Crippen LogP contribution in [0.2, 0.25) is 0 Å². The molecular formula is C15H24N4O3S. The average molecular weight is 340 g/mol. The fraction of sp³-hybridized carbons (Fsp3) is 0.600. The van der Waals surface area contributed by atoms with Crippen molar-refractivity contribution < 1.29 is 13.2 Å². The molecule has 1 saturated heterocycles. The summed E-state index contributed by atoms with van der Waals surface area (Å²) in [5, 5.41) is 0. The summed E-state index contributed by atoms with van der Waals surface area (Å²) in [7, 11) is -2.26. The second kappa shape index (κ2) is 7.37. The molecule has 0 radical (unpaired) electrons. The van der Waals surface area contributed by atoms with Gasteiger partial charge in [-0.05, 0) is 26.0 Å². The molecule has 8 heteroatoms. The molecule has 1 fully saturated rings. The molecule has 0 unspecified atom stereocenters. The first-order valence-corrected chi connectivity index (χ1v) is 9.14. The van der Waals surface area contributed by atoms with Gasteiger partial charge in [0.25, 0.3) is 0 Å². The predicted molar refractivity (Wildman–Crippen MR) is 87.3 cm³/mol. The summed E-state index contributed by atoms with van der Waals surface area (Å²) in [5.74, 6) is -0.164. The van der Waals surface area contributed by atoms with E-state index < -0.39 is 10.0 Å². The highest BCUT2D eigenvalue weighted by Gasteiger charge is 2.27. The number of hydrogen-bond acceptors (Lipinski definition) is 5. The van der Waals surface area contributed by atoms with Crippen molar-refractivity contribution >= 4 is 15.9 Å². The third-order valence-electron chi connectivity index (χ3n) is 4.10. The predicted octanol–water partition coefficient (Wildman–Crippen LogP) is 0.255. The Morgan fingerprint density at radius 2 is 1.96 bits per heavy atom. The van der Waals surface area contributed by atoms with Gasteiger partial charge in [0.2, 0.25) is 15.9 Å². The zero-order chi connectivity index (χ0) is 17.0. The van der Waals surface area contributed by atoms with Crippen LogP contribution in [-0.2, 0) is 14.8 Å². The van der Waals surface area contributed by atoms with Crippen LogP contribution >= 0.6 is 0 Å². The number of piperazine rings is 1. The first-order chi connectivity index (χ1) is 10.8. The number of pyridine rings is 1. The van der Waals surface area contributed by atoms with E-state index in [1.165, 1.54) is 25.5 Å². The lowest BCUT2D eigenvalue weighted by Crippen LogP contribution is -2.52. The van der Waals surface area contributed by atoms with Gasteiger partial charge in [0.1, 0.15) is 4.90 Å². The molecule has 0 spiro atoms. The van der Waals surface area contributed by atoms with E-state index in [4.69, 9.17) is 0 Å². The van der Waals surface area contributed by atoms with Crippen molar-refractivity contribution in [2.45, 2.75) is 24.8 Å². The SMILES string of the molecule is CC(C)N1CCN(C(=O)CN(C)S(=O)(=O)c2cccnc2)CC1. The summed E-state index contributed by atoms with van der Waals surface area (Å²) in [5.41, 5.74) is 0. The standard InChI is InChI=1S/C15H24N4O3S/c1-13(2)18-7-9-19(10-8-18)15(20)12-17(3)23(21,22)14-5-4-6-16-11-14/h4-6,11,13H,7-10,12H2,1-3H3. The maximum atomic E-state index is 12.4. The maximum absolute atomic E-state index is 12.4. The minimum Gasteiger partial charge on any atom is -0.339 e. The third-order valence-corrected chi connectivity index (χ3v) is 5.88. The van der Waals surface area contributed by atoms with Crippen LogP contribution in [-0.4, -0.2) is 79.2 Å². The first kappa shape index (κ1) is 17.8. The Labute approximate surface area is 137 Å². The Morgan fingerprint density at radius 3 is 2.48 bits per heavy atom. The lowest BCUT2D eigenvalue weighted by atomic mass is 10.2. The highest BCUT2D eigenvalue weighted by atomic mass is 32.2. The molecule has 0 aliphatic carbocycles. The summed E-state index contributed by atoms with van der Waals surface area (Å²) in [6.07, 6.45) is 2.80. The highest BCUT2D eigenvalue weighted by molar-refractivity contribution is 7.89. The summed E-state index contributed by atoms with van der Waals surface area (Å²) in [4.78, 5) is 20.3. The molecule has 0 atom stereocenters. The molecule has 0 bridgehead atoms. The molecule has 1 aliphatic heterocycles. The van der Waals surface area contributed by atoms with Crippen molar-refractivity contribution in [1.29, 1.82) is 0 Å². The largest absolute Gasteiger partial charge is 0.339 e. The lowest BCUT2D eigenvalue weighted by Gasteiger charge is -2.37. The molecule has 2 heterocycles. The second-order valence-electron chi connectivity index (χ2n) is 5.96. The van der Waals surface area contributed by atoms with Gasteiger partial charge in [-0.1, -0.05) is 0 Å². The minimum atomic E-state index is -3.68. The van der Waals surface area contributed by atoms with Crippen molar-refractivity contribution in [1.82, 2.24) is 19.1 Å². The number of rotatable bonds is 5. The Bertz CT molecular complexity index is 625. The van der Waals surface area contributed by atoms with Crippen molar-refractivity contribution in [3.8, 4) is 0 Å². The number of sulfonamides is 1. The van der Waals surface area contributed by atoms with Crippen LogP contribution in [0.1, 0.15) is 13.8 Å². The van der Waals surface area contributed by atoms with E-state index in [1.54, 1.807) is 11.0 Å². The van der Waals surface area contributed by atoms with Gasteiger partial charge in [-0.15, -0.1) is 0 Å². The van der Waals surface area contributed by atoms with Crippen LogP contribution in [0, 0.1) is 0 Å². The monoisotopic (exact) mass is 340 g/mol. The number of likely N-dealkylation sites (N-methyl/N-ethyl adjacent to an activating group) is 1. The molecule has 1 aromatic rings. The van der Waals surface area contributed by atoms with Gasteiger partial charge in [-0.3, -0.25) is 14.7 Å². The number of hydrogen-bond donors (Lipinski definition) is 0. The molecule has 2 rings (SSSR count). The Balaban J connectivity index is 1.95. The third kappa shape index (κ3) is 4.27. The Morgan fingerprint density at radius 1 is 1.30 bits per heavy atom. The highest BCUT2D eigenvalue weighted by Crippen LogP contribution is 2.13. The summed E-state index contributed by atoms with van der Waals surface area (Å²) < 4.78 is 25.9. The molecule has 1 aliphatic rings. The van der Waals surface area contributed by atoms with Gasteiger partial charge in [0.05, 0.1) is 6.54 Å². The fourth-order valence-electron chi connectivity index (χ4n) is 2.54. The van der Waals surface area contributed by atoms with Crippen LogP contribution in [0.5, 0.6) is 0 Å². The van der Waals surface area contributed by atoms with E-state index in [1.807, 2.05) is 0 Å². The van der Waals surface area contributed by atoms with Crippen LogP contribution in [0.4, 0.5) is 0 Å². The summed E-state index contributed by atoms with van der Waals surface area (Å²) >= 11 is 0.